The first-order valence-corrected chi connectivity index (χ1v) is 28.9. The van der Waals surface area contributed by atoms with E-state index < -0.39 is 6.10 Å². The van der Waals surface area contributed by atoms with Gasteiger partial charge < -0.3 is 14.2 Å². The molecule has 0 rings (SSSR count). The van der Waals surface area contributed by atoms with Gasteiger partial charge in [0.1, 0.15) is 13.2 Å². The number of esters is 3. The highest BCUT2D eigenvalue weighted by molar-refractivity contribution is 5.71. The summed E-state index contributed by atoms with van der Waals surface area (Å²) >= 11 is 0. The van der Waals surface area contributed by atoms with Crippen molar-refractivity contribution in [3.05, 3.63) is 72.9 Å². The molecule has 0 aromatic heterocycles. The highest BCUT2D eigenvalue weighted by atomic mass is 16.6. The molecule has 0 N–H and O–H groups in total. The lowest BCUT2D eigenvalue weighted by atomic mass is 10.0. The SMILES string of the molecule is CC/C=C\C/C=C\C/C=C\C/C=C\CCCCC(=O)OC(COC(=O)CCCCCCCCCCCCCC)COC(=O)CCCCCCCCCCCCC/C=C\C/C=C\CCCCCCC. The molecular formula is C62H108O6. The molecule has 6 heteroatoms. The van der Waals surface area contributed by atoms with E-state index in [2.05, 4.69) is 93.7 Å². The summed E-state index contributed by atoms with van der Waals surface area (Å²) in [6.07, 6.45) is 71.9. The van der Waals surface area contributed by atoms with Gasteiger partial charge in [-0.3, -0.25) is 14.4 Å². The third kappa shape index (κ3) is 53.8. The number of allylic oxidation sites excluding steroid dienone is 12. The van der Waals surface area contributed by atoms with Gasteiger partial charge in [-0.05, 0) is 89.9 Å². The van der Waals surface area contributed by atoms with Crippen LogP contribution in [0.5, 0.6) is 0 Å². The van der Waals surface area contributed by atoms with E-state index in [1.165, 1.54) is 154 Å². The quantitative estimate of drug-likeness (QED) is 0.0262. The first-order valence-electron chi connectivity index (χ1n) is 28.9. The summed E-state index contributed by atoms with van der Waals surface area (Å²) in [5.41, 5.74) is 0. The van der Waals surface area contributed by atoms with Crippen LogP contribution >= 0.6 is 0 Å². The molecule has 0 saturated carbocycles. The fourth-order valence-electron chi connectivity index (χ4n) is 8.11. The summed E-state index contributed by atoms with van der Waals surface area (Å²) in [7, 11) is 0. The van der Waals surface area contributed by atoms with E-state index in [0.717, 1.165) is 83.5 Å². The van der Waals surface area contributed by atoms with Crippen molar-refractivity contribution in [1.82, 2.24) is 0 Å². The summed E-state index contributed by atoms with van der Waals surface area (Å²) in [4.78, 5) is 38.1. The van der Waals surface area contributed by atoms with Gasteiger partial charge >= 0.3 is 17.9 Å². The van der Waals surface area contributed by atoms with Gasteiger partial charge in [-0.15, -0.1) is 0 Å². The minimum atomic E-state index is -0.796. The molecule has 0 saturated heterocycles. The van der Waals surface area contributed by atoms with Crippen LogP contribution < -0.4 is 0 Å². The maximum Gasteiger partial charge on any atom is 0.306 e. The topological polar surface area (TPSA) is 78.9 Å². The smallest absolute Gasteiger partial charge is 0.306 e. The molecule has 392 valence electrons. The first kappa shape index (κ1) is 64.8. The van der Waals surface area contributed by atoms with E-state index in [4.69, 9.17) is 14.2 Å². The van der Waals surface area contributed by atoms with Gasteiger partial charge in [0.15, 0.2) is 6.10 Å². The molecule has 1 unspecified atom stereocenters. The number of hydrogen-bond donors (Lipinski definition) is 0. The molecule has 0 aromatic rings. The lowest BCUT2D eigenvalue weighted by Gasteiger charge is -2.18. The maximum atomic E-state index is 12.8. The van der Waals surface area contributed by atoms with Crippen molar-refractivity contribution in [3.63, 3.8) is 0 Å². The normalized spacial score (nSPS) is 12.6. The van der Waals surface area contributed by atoms with E-state index >= 15 is 0 Å². The molecule has 0 aliphatic heterocycles. The third-order valence-corrected chi connectivity index (χ3v) is 12.4. The van der Waals surface area contributed by atoms with Crippen LogP contribution in [0.2, 0.25) is 0 Å². The number of carbonyl (C=O) groups is 3. The fraction of sp³-hybridized carbons (Fsp3) is 0.758. The van der Waals surface area contributed by atoms with Crippen LogP contribution in [-0.4, -0.2) is 37.2 Å². The summed E-state index contributed by atoms with van der Waals surface area (Å²) in [6, 6.07) is 0. The molecule has 0 amide bonds. The minimum absolute atomic E-state index is 0.0904. The molecule has 0 heterocycles. The number of rotatable bonds is 52. The van der Waals surface area contributed by atoms with Gasteiger partial charge in [-0.1, -0.05) is 248 Å². The van der Waals surface area contributed by atoms with Crippen molar-refractivity contribution < 1.29 is 28.6 Å². The van der Waals surface area contributed by atoms with E-state index in [1.54, 1.807) is 0 Å². The molecule has 0 aliphatic carbocycles. The van der Waals surface area contributed by atoms with Crippen LogP contribution in [0.15, 0.2) is 72.9 Å². The predicted octanol–water partition coefficient (Wildman–Crippen LogP) is 19.4. The van der Waals surface area contributed by atoms with Gasteiger partial charge in [-0.2, -0.15) is 0 Å². The second-order valence-electron chi connectivity index (χ2n) is 19.2. The highest BCUT2D eigenvalue weighted by Crippen LogP contribution is 2.16. The second kappa shape index (κ2) is 56.4. The maximum absolute atomic E-state index is 12.8. The van der Waals surface area contributed by atoms with Gasteiger partial charge in [0, 0.05) is 19.3 Å². The summed E-state index contributed by atoms with van der Waals surface area (Å²) < 4.78 is 16.8. The number of unbranched alkanes of at least 4 members (excludes halogenated alkanes) is 29. The number of carbonyl (C=O) groups excluding carboxylic acids is 3. The zero-order valence-corrected chi connectivity index (χ0v) is 44.9. The molecule has 0 fully saturated rings. The Labute approximate surface area is 421 Å². The van der Waals surface area contributed by atoms with Crippen LogP contribution in [0.4, 0.5) is 0 Å². The number of ether oxygens (including phenoxy) is 3. The second-order valence-corrected chi connectivity index (χ2v) is 19.2. The molecule has 0 aliphatic rings. The zero-order chi connectivity index (χ0) is 49.3. The Balaban J connectivity index is 4.33. The Kier molecular flexibility index (Phi) is 53.8. The summed E-state index contributed by atoms with van der Waals surface area (Å²) in [6.45, 7) is 6.49. The van der Waals surface area contributed by atoms with Crippen molar-refractivity contribution >= 4 is 17.9 Å². The largest absolute Gasteiger partial charge is 0.462 e. The van der Waals surface area contributed by atoms with Gasteiger partial charge in [0.25, 0.3) is 0 Å². The Hall–Kier alpha value is -3.15. The molecule has 1 atom stereocenters. The van der Waals surface area contributed by atoms with Crippen molar-refractivity contribution in [1.29, 1.82) is 0 Å². The molecule has 0 radical (unpaired) electrons. The molecule has 0 spiro atoms. The van der Waals surface area contributed by atoms with Crippen LogP contribution in [-0.2, 0) is 28.6 Å². The van der Waals surface area contributed by atoms with Gasteiger partial charge in [0.2, 0.25) is 0 Å². The molecule has 68 heavy (non-hydrogen) atoms. The molecule has 6 nitrogen and oxygen atoms in total. The minimum Gasteiger partial charge on any atom is -0.462 e. The number of hydrogen-bond acceptors (Lipinski definition) is 6. The Morgan fingerprint density at radius 2 is 0.574 bits per heavy atom. The zero-order valence-electron chi connectivity index (χ0n) is 44.9. The van der Waals surface area contributed by atoms with E-state index in [-0.39, 0.29) is 37.5 Å². The lowest BCUT2D eigenvalue weighted by Crippen LogP contribution is -2.30. The van der Waals surface area contributed by atoms with Crippen molar-refractivity contribution in [2.45, 2.75) is 290 Å². The van der Waals surface area contributed by atoms with Crippen molar-refractivity contribution in [2.24, 2.45) is 0 Å². The first-order chi connectivity index (χ1) is 33.5. The van der Waals surface area contributed by atoms with Crippen LogP contribution in [0.1, 0.15) is 284 Å². The van der Waals surface area contributed by atoms with Crippen LogP contribution in [0, 0.1) is 0 Å². The average molecular weight is 950 g/mol. The average Bonchev–Trinajstić information content (AvgIpc) is 3.34. The fourth-order valence-corrected chi connectivity index (χ4v) is 8.11. The van der Waals surface area contributed by atoms with Crippen molar-refractivity contribution in [3.8, 4) is 0 Å². The van der Waals surface area contributed by atoms with Gasteiger partial charge in [0.05, 0.1) is 0 Å². The Morgan fingerprint density at radius 1 is 0.309 bits per heavy atom. The highest BCUT2D eigenvalue weighted by Gasteiger charge is 2.19. The monoisotopic (exact) mass is 949 g/mol. The predicted molar refractivity (Wildman–Crippen MR) is 293 cm³/mol. The molecule has 0 bridgehead atoms. The third-order valence-electron chi connectivity index (χ3n) is 12.4. The summed E-state index contributed by atoms with van der Waals surface area (Å²) in [5, 5.41) is 0. The summed E-state index contributed by atoms with van der Waals surface area (Å²) in [5.74, 6) is -0.926. The standard InChI is InChI=1S/C62H108O6/c1-4-7-10-13-16-19-22-25-27-28-29-30-31-32-33-34-36-37-40-43-46-49-52-55-61(64)67-58-59(57-66-60(63)54-51-48-45-42-39-24-21-18-15-12-9-6-3)68-62(65)56-53-50-47-44-41-38-35-26-23-20-17-14-11-8-5-2/h8,11,17,20,22,25-26,28-29,35,41,44,59H,4-7,9-10,12-16,18-19,21,23-24,27,30-34,36-40,42-43,45-58H2,1-3H3/b11-8-,20-17-,25-22-,29-28-,35-26-,44-41-. The molecule has 0 aromatic carbocycles. The van der Waals surface area contributed by atoms with Crippen molar-refractivity contribution in [2.75, 3.05) is 13.2 Å². The Bertz CT molecular complexity index is 1270. The van der Waals surface area contributed by atoms with Crippen LogP contribution in [0.3, 0.4) is 0 Å². The van der Waals surface area contributed by atoms with E-state index in [9.17, 15) is 14.4 Å². The Morgan fingerprint density at radius 3 is 0.926 bits per heavy atom. The van der Waals surface area contributed by atoms with E-state index in [1.807, 2.05) is 0 Å². The van der Waals surface area contributed by atoms with Crippen LogP contribution in [0.25, 0.3) is 0 Å². The van der Waals surface area contributed by atoms with Gasteiger partial charge in [-0.25, -0.2) is 0 Å². The molecular weight excluding hydrogens is 841 g/mol. The van der Waals surface area contributed by atoms with E-state index in [0.29, 0.717) is 19.3 Å². The lowest BCUT2D eigenvalue weighted by molar-refractivity contribution is -0.167.